The Morgan fingerprint density at radius 1 is 1.41 bits per heavy atom. The van der Waals surface area contributed by atoms with Crippen LogP contribution in [0.4, 0.5) is 0 Å². The molecule has 5 heteroatoms. The quantitative estimate of drug-likeness (QED) is 0.586. The zero-order chi connectivity index (χ0) is 12.8. The van der Waals surface area contributed by atoms with E-state index in [1.165, 1.54) is 0 Å². The van der Waals surface area contributed by atoms with E-state index in [1.54, 1.807) is 25.3 Å². The van der Waals surface area contributed by atoms with Gasteiger partial charge >= 0.3 is 0 Å². The van der Waals surface area contributed by atoms with Crippen LogP contribution in [0.15, 0.2) is 21.6 Å². The van der Waals surface area contributed by atoms with Crippen molar-refractivity contribution in [1.29, 1.82) is 0 Å². The van der Waals surface area contributed by atoms with E-state index < -0.39 is 0 Å². The minimum absolute atomic E-state index is 0.543. The number of halogens is 2. The van der Waals surface area contributed by atoms with Gasteiger partial charge in [-0.2, -0.15) is 0 Å². The van der Waals surface area contributed by atoms with Gasteiger partial charge in [0.2, 0.25) is 0 Å². The van der Waals surface area contributed by atoms with Gasteiger partial charge in [-0.3, -0.25) is 4.79 Å². The van der Waals surface area contributed by atoms with Crippen molar-refractivity contribution in [2.75, 3.05) is 13.7 Å². The lowest BCUT2D eigenvalue weighted by molar-refractivity contribution is 0.112. The van der Waals surface area contributed by atoms with Crippen molar-refractivity contribution in [3.8, 4) is 5.75 Å². The number of carbonyl (C=O) groups is 1. The monoisotopic (exact) mass is 362 g/mol. The molecule has 0 heterocycles. The third-order valence-electron chi connectivity index (χ3n) is 2.08. The lowest BCUT2D eigenvalue weighted by atomic mass is 10.1. The first-order chi connectivity index (χ1) is 8.13. The van der Waals surface area contributed by atoms with Crippen LogP contribution in [-0.4, -0.2) is 20.0 Å². The van der Waals surface area contributed by atoms with Crippen molar-refractivity contribution >= 4 is 43.9 Å². The van der Waals surface area contributed by atoms with Crippen molar-refractivity contribution in [3.63, 3.8) is 0 Å². The molecule has 0 saturated heterocycles. The summed E-state index contributed by atoms with van der Waals surface area (Å²) in [6.07, 6.45) is 0.785. The molecule has 1 aromatic carbocycles. The van der Waals surface area contributed by atoms with E-state index in [2.05, 4.69) is 31.9 Å². The maximum Gasteiger partial charge on any atom is 0.150 e. The number of methoxy groups -OCH3 is 1. The van der Waals surface area contributed by atoms with Gasteiger partial charge in [-0.05, 0) is 57.0 Å². The second-order valence-corrected chi connectivity index (χ2v) is 5.74. The van der Waals surface area contributed by atoms with E-state index in [0.29, 0.717) is 32.6 Å². The molecular formula is C12H12Br2O3. The minimum Gasteiger partial charge on any atom is -0.494 e. The minimum atomic E-state index is 0.543. The summed E-state index contributed by atoms with van der Waals surface area (Å²) < 4.78 is 11.3. The van der Waals surface area contributed by atoms with Crippen molar-refractivity contribution in [2.24, 2.45) is 0 Å². The van der Waals surface area contributed by atoms with Crippen LogP contribution in [0, 0.1) is 0 Å². The molecule has 0 bridgehead atoms. The number of benzene rings is 1. The first-order valence-electron chi connectivity index (χ1n) is 4.95. The van der Waals surface area contributed by atoms with Crippen LogP contribution >= 0.6 is 31.9 Å². The zero-order valence-corrected chi connectivity index (χ0v) is 12.7. The first kappa shape index (κ1) is 14.3. The van der Waals surface area contributed by atoms with E-state index in [1.807, 2.05) is 6.92 Å². The summed E-state index contributed by atoms with van der Waals surface area (Å²) in [6.45, 7) is 2.47. The molecule has 92 valence electrons. The second-order valence-electron chi connectivity index (χ2n) is 3.09. The average Bonchev–Trinajstić information content (AvgIpc) is 2.30. The summed E-state index contributed by atoms with van der Waals surface area (Å²) in [5.41, 5.74) is 1.22. The van der Waals surface area contributed by atoms with Crippen LogP contribution in [0.2, 0.25) is 0 Å². The van der Waals surface area contributed by atoms with Gasteiger partial charge < -0.3 is 9.47 Å². The van der Waals surface area contributed by atoms with Crippen molar-refractivity contribution in [2.45, 2.75) is 6.92 Å². The molecule has 0 fully saturated rings. The zero-order valence-electron chi connectivity index (χ0n) is 9.50. The standard InChI is InChI=1S/C12H12Br2O3/c1-3-17-9-5-4-8(7-15)10(6-9)11(16-2)12(13)14/h4-7H,3H2,1-2H3. The Hall–Kier alpha value is -0.810. The molecule has 0 spiro atoms. The summed E-state index contributed by atoms with van der Waals surface area (Å²) in [4.78, 5) is 11.0. The number of rotatable bonds is 5. The maximum atomic E-state index is 11.0. The van der Waals surface area contributed by atoms with E-state index in [-0.39, 0.29) is 0 Å². The Labute approximate surface area is 117 Å². The predicted octanol–water partition coefficient (Wildman–Crippen LogP) is 3.96. The normalized spacial score (nSPS) is 9.65. The highest BCUT2D eigenvalue weighted by Crippen LogP contribution is 2.31. The molecule has 0 aliphatic carbocycles. The fourth-order valence-corrected chi connectivity index (χ4v) is 2.13. The SMILES string of the molecule is CCOc1ccc(C=O)c(C(OC)=C(Br)Br)c1. The summed E-state index contributed by atoms with van der Waals surface area (Å²) in [7, 11) is 1.54. The summed E-state index contributed by atoms with van der Waals surface area (Å²) in [5, 5.41) is 0. The maximum absolute atomic E-state index is 11.0. The predicted molar refractivity (Wildman–Crippen MR) is 74.8 cm³/mol. The van der Waals surface area contributed by atoms with Gasteiger partial charge in [0.05, 0.1) is 13.7 Å². The van der Waals surface area contributed by atoms with Gasteiger partial charge in [0.25, 0.3) is 0 Å². The first-order valence-corrected chi connectivity index (χ1v) is 6.54. The Balaban J connectivity index is 3.32. The lowest BCUT2D eigenvalue weighted by Gasteiger charge is -2.11. The molecule has 0 aliphatic heterocycles. The lowest BCUT2D eigenvalue weighted by Crippen LogP contribution is -1.98. The van der Waals surface area contributed by atoms with Crippen molar-refractivity contribution in [1.82, 2.24) is 0 Å². The van der Waals surface area contributed by atoms with Crippen molar-refractivity contribution in [3.05, 3.63) is 32.7 Å². The number of hydrogen-bond donors (Lipinski definition) is 0. The molecule has 17 heavy (non-hydrogen) atoms. The van der Waals surface area contributed by atoms with Crippen LogP contribution in [-0.2, 0) is 4.74 Å². The van der Waals surface area contributed by atoms with Gasteiger partial charge in [0, 0.05) is 11.1 Å². The van der Waals surface area contributed by atoms with E-state index in [0.717, 1.165) is 6.29 Å². The van der Waals surface area contributed by atoms with Crippen LogP contribution in [0.1, 0.15) is 22.8 Å². The van der Waals surface area contributed by atoms with E-state index in [9.17, 15) is 4.79 Å². The van der Waals surface area contributed by atoms with Crippen LogP contribution in [0.25, 0.3) is 5.76 Å². The van der Waals surface area contributed by atoms with Gasteiger partial charge in [-0.1, -0.05) is 0 Å². The van der Waals surface area contributed by atoms with E-state index in [4.69, 9.17) is 9.47 Å². The highest BCUT2D eigenvalue weighted by molar-refractivity contribution is 9.28. The molecule has 3 nitrogen and oxygen atoms in total. The summed E-state index contributed by atoms with van der Waals surface area (Å²) in [6, 6.07) is 5.23. The molecule has 0 saturated carbocycles. The molecule has 0 N–H and O–H groups in total. The van der Waals surface area contributed by atoms with Gasteiger partial charge in [-0.25, -0.2) is 0 Å². The molecule has 0 radical (unpaired) electrons. The molecule has 1 rings (SSSR count). The van der Waals surface area contributed by atoms with Gasteiger partial charge in [0.1, 0.15) is 14.9 Å². The molecule has 0 atom stereocenters. The van der Waals surface area contributed by atoms with Crippen LogP contribution < -0.4 is 4.74 Å². The molecule has 0 unspecified atom stereocenters. The average molecular weight is 364 g/mol. The molecule has 0 aliphatic rings. The Kier molecular flexibility index (Phi) is 5.71. The van der Waals surface area contributed by atoms with E-state index >= 15 is 0 Å². The van der Waals surface area contributed by atoms with Gasteiger partial charge in [-0.15, -0.1) is 0 Å². The fraction of sp³-hybridized carbons (Fsp3) is 0.250. The molecule has 1 aromatic rings. The molecular weight excluding hydrogens is 352 g/mol. The third kappa shape index (κ3) is 3.57. The number of hydrogen-bond acceptors (Lipinski definition) is 3. The fourth-order valence-electron chi connectivity index (χ4n) is 1.38. The third-order valence-corrected chi connectivity index (χ3v) is 2.80. The summed E-state index contributed by atoms with van der Waals surface area (Å²) >= 11 is 6.56. The van der Waals surface area contributed by atoms with Crippen molar-refractivity contribution < 1.29 is 14.3 Å². The Morgan fingerprint density at radius 3 is 2.59 bits per heavy atom. The highest BCUT2D eigenvalue weighted by Gasteiger charge is 2.12. The molecule has 0 aromatic heterocycles. The molecule has 0 amide bonds. The van der Waals surface area contributed by atoms with Crippen LogP contribution in [0.5, 0.6) is 5.75 Å². The van der Waals surface area contributed by atoms with Gasteiger partial charge in [0.15, 0.2) is 6.29 Å². The number of aldehydes is 1. The van der Waals surface area contributed by atoms with Crippen LogP contribution in [0.3, 0.4) is 0 Å². The topological polar surface area (TPSA) is 35.5 Å². The highest BCUT2D eigenvalue weighted by atomic mass is 79.9. The Morgan fingerprint density at radius 2 is 2.12 bits per heavy atom. The largest absolute Gasteiger partial charge is 0.494 e. The number of carbonyl (C=O) groups excluding carboxylic acids is 1. The number of ether oxygens (including phenoxy) is 2. The smallest absolute Gasteiger partial charge is 0.150 e. The second kappa shape index (κ2) is 6.81. The summed E-state index contributed by atoms with van der Waals surface area (Å²) in [5.74, 6) is 1.25. The Bertz CT molecular complexity index is 437.